The van der Waals surface area contributed by atoms with Gasteiger partial charge in [-0.25, -0.2) is 4.79 Å². The second-order valence-electron chi connectivity index (χ2n) is 5.84. The van der Waals surface area contributed by atoms with E-state index in [-0.39, 0.29) is 6.42 Å². The van der Waals surface area contributed by atoms with Crippen molar-refractivity contribution in [3.05, 3.63) is 23.9 Å². The molecule has 1 aromatic heterocycles. The number of nitrogens with zero attached hydrogens (tertiary/aromatic N) is 2. The lowest BCUT2D eigenvalue weighted by molar-refractivity contribution is -0.150. The predicted octanol–water partition coefficient (Wildman–Crippen LogP) is 3.24. The van der Waals surface area contributed by atoms with Gasteiger partial charge in [-0.1, -0.05) is 31.5 Å². The molecule has 0 aliphatic rings. The van der Waals surface area contributed by atoms with Gasteiger partial charge >= 0.3 is 5.97 Å². The lowest BCUT2D eigenvalue weighted by atomic mass is 10.1. The second-order valence-corrected chi connectivity index (χ2v) is 5.84. The largest absolute Gasteiger partial charge is 0.457 e. The van der Waals surface area contributed by atoms with Crippen LogP contribution in [-0.2, 0) is 22.4 Å². The maximum absolute atomic E-state index is 11.8. The van der Waals surface area contributed by atoms with Crippen molar-refractivity contribution in [3.8, 4) is 0 Å². The molecule has 20 heavy (non-hydrogen) atoms. The van der Waals surface area contributed by atoms with E-state index in [4.69, 9.17) is 9.26 Å². The Morgan fingerprint density at radius 1 is 1.35 bits per heavy atom. The standard InChI is InChI=1S/C15H24N2O3/c1-6-7-8-9-12-16-13(20-17-12)10-11(2)14(18)19-15(3,4)5/h2,6-10H2,1,3-5H3. The van der Waals surface area contributed by atoms with E-state index in [0.29, 0.717) is 17.3 Å². The van der Waals surface area contributed by atoms with Gasteiger partial charge in [0.25, 0.3) is 0 Å². The lowest BCUT2D eigenvalue weighted by Gasteiger charge is -2.19. The Labute approximate surface area is 120 Å². The summed E-state index contributed by atoms with van der Waals surface area (Å²) in [4.78, 5) is 16.0. The molecule has 0 aliphatic heterocycles. The van der Waals surface area contributed by atoms with E-state index >= 15 is 0 Å². The van der Waals surface area contributed by atoms with E-state index < -0.39 is 11.6 Å². The summed E-state index contributed by atoms with van der Waals surface area (Å²) in [5.41, 5.74) is -0.205. The Balaban J connectivity index is 2.48. The van der Waals surface area contributed by atoms with Crippen LogP contribution in [0.15, 0.2) is 16.7 Å². The predicted molar refractivity (Wildman–Crippen MR) is 76.2 cm³/mol. The van der Waals surface area contributed by atoms with Crippen LogP contribution in [0.4, 0.5) is 0 Å². The first-order chi connectivity index (χ1) is 9.31. The van der Waals surface area contributed by atoms with Crippen LogP contribution >= 0.6 is 0 Å². The smallest absolute Gasteiger partial charge is 0.334 e. The van der Waals surface area contributed by atoms with Crippen LogP contribution in [0, 0.1) is 0 Å². The third kappa shape index (κ3) is 5.99. The summed E-state index contributed by atoms with van der Waals surface area (Å²) in [6.45, 7) is 11.3. The fraction of sp³-hybridized carbons (Fsp3) is 0.667. The molecule has 0 spiro atoms. The van der Waals surface area contributed by atoms with Crippen LogP contribution in [0.3, 0.4) is 0 Å². The molecule has 1 heterocycles. The highest BCUT2D eigenvalue weighted by molar-refractivity contribution is 5.88. The number of carbonyl (C=O) groups excluding carboxylic acids is 1. The average molecular weight is 280 g/mol. The number of rotatable bonds is 7. The molecule has 0 N–H and O–H groups in total. The number of ether oxygens (including phenoxy) is 1. The minimum Gasteiger partial charge on any atom is -0.457 e. The van der Waals surface area contributed by atoms with Crippen molar-refractivity contribution in [2.24, 2.45) is 0 Å². The zero-order chi connectivity index (χ0) is 15.2. The lowest BCUT2D eigenvalue weighted by Crippen LogP contribution is -2.25. The molecule has 0 amide bonds. The van der Waals surface area contributed by atoms with Crippen LogP contribution in [0.25, 0.3) is 0 Å². The number of carbonyl (C=O) groups is 1. The quantitative estimate of drug-likeness (QED) is 0.436. The van der Waals surface area contributed by atoms with Crippen molar-refractivity contribution >= 4 is 5.97 Å². The average Bonchev–Trinajstić information content (AvgIpc) is 2.75. The first-order valence-electron chi connectivity index (χ1n) is 7.04. The van der Waals surface area contributed by atoms with Gasteiger partial charge in [0, 0.05) is 12.0 Å². The molecule has 0 unspecified atom stereocenters. The van der Waals surface area contributed by atoms with Gasteiger partial charge in [-0.2, -0.15) is 4.98 Å². The van der Waals surface area contributed by atoms with Crippen LogP contribution in [-0.4, -0.2) is 21.7 Å². The summed E-state index contributed by atoms with van der Waals surface area (Å²) in [6.07, 6.45) is 4.38. The minimum atomic E-state index is -0.528. The molecule has 1 aromatic rings. The minimum absolute atomic E-state index is 0.232. The molecule has 0 fully saturated rings. The molecule has 0 bridgehead atoms. The van der Waals surface area contributed by atoms with Gasteiger partial charge < -0.3 is 9.26 Å². The SMILES string of the molecule is C=C(Cc1nc(CCCCC)no1)C(=O)OC(C)(C)C. The van der Waals surface area contributed by atoms with E-state index in [2.05, 4.69) is 23.6 Å². The second kappa shape index (κ2) is 7.22. The molecule has 0 radical (unpaired) electrons. The highest BCUT2D eigenvalue weighted by atomic mass is 16.6. The van der Waals surface area contributed by atoms with Gasteiger partial charge in [-0.05, 0) is 27.2 Å². The first kappa shape index (κ1) is 16.4. The normalized spacial score (nSPS) is 11.4. The molecule has 0 aliphatic carbocycles. The van der Waals surface area contributed by atoms with Gasteiger partial charge in [-0.3, -0.25) is 0 Å². The van der Waals surface area contributed by atoms with Gasteiger partial charge in [0.05, 0.1) is 6.42 Å². The maximum Gasteiger partial charge on any atom is 0.334 e. The molecule has 5 nitrogen and oxygen atoms in total. The number of aromatic nitrogens is 2. The Hall–Kier alpha value is -1.65. The van der Waals surface area contributed by atoms with Crippen LogP contribution < -0.4 is 0 Å². The van der Waals surface area contributed by atoms with E-state index in [1.54, 1.807) is 0 Å². The van der Waals surface area contributed by atoms with Gasteiger partial charge in [0.2, 0.25) is 5.89 Å². The zero-order valence-electron chi connectivity index (χ0n) is 12.9. The van der Waals surface area contributed by atoms with Crippen LogP contribution in [0.1, 0.15) is 58.7 Å². The first-order valence-corrected chi connectivity index (χ1v) is 7.04. The molecule has 1 rings (SSSR count). The maximum atomic E-state index is 11.8. The molecule has 0 saturated carbocycles. The monoisotopic (exact) mass is 280 g/mol. The molecular weight excluding hydrogens is 256 g/mol. The summed E-state index contributed by atoms with van der Waals surface area (Å²) >= 11 is 0. The van der Waals surface area contributed by atoms with E-state index in [1.165, 1.54) is 0 Å². The Kier molecular flexibility index (Phi) is 5.92. The summed E-state index contributed by atoms with van der Waals surface area (Å²) in [6, 6.07) is 0. The Morgan fingerprint density at radius 3 is 2.65 bits per heavy atom. The number of unbranched alkanes of at least 4 members (excludes halogenated alkanes) is 2. The van der Waals surface area contributed by atoms with E-state index in [0.717, 1.165) is 25.7 Å². The highest BCUT2D eigenvalue weighted by Crippen LogP contribution is 2.13. The highest BCUT2D eigenvalue weighted by Gasteiger charge is 2.20. The van der Waals surface area contributed by atoms with Gasteiger partial charge in [0.15, 0.2) is 5.82 Å². The summed E-state index contributed by atoms with van der Waals surface area (Å²) in [5.74, 6) is 0.668. The summed E-state index contributed by atoms with van der Waals surface area (Å²) in [7, 11) is 0. The zero-order valence-corrected chi connectivity index (χ0v) is 12.9. The third-order valence-electron chi connectivity index (χ3n) is 2.57. The fourth-order valence-electron chi connectivity index (χ4n) is 1.60. The molecule has 112 valence electrons. The number of hydrogen-bond donors (Lipinski definition) is 0. The van der Waals surface area contributed by atoms with Crippen molar-refractivity contribution in [3.63, 3.8) is 0 Å². The van der Waals surface area contributed by atoms with Crippen LogP contribution in [0.5, 0.6) is 0 Å². The summed E-state index contributed by atoms with van der Waals surface area (Å²) in [5, 5.41) is 3.90. The van der Waals surface area contributed by atoms with Crippen molar-refractivity contribution < 1.29 is 14.1 Å². The van der Waals surface area contributed by atoms with Crippen molar-refractivity contribution in [1.29, 1.82) is 0 Å². The van der Waals surface area contributed by atoms with Gasteiger partial charge in [0.1, 0.15) is 5.60 Å². The summed E-state index contributed by atoms with van der Waals surface area (Å²) < 4.78 is 10.3. The van der Waals surface area contributed by atoms with Gasteiger partial charge in [-0.15, -0.1) is 0 Å². The topological polar surface area (TPSA) is 65.2 Å². The van der Waals surface area contributed by atoms with E-state index in [1.807, 2.05) is 20.8 Å². The molecule has 5 heteroatoms. The Morgan fingerprint density at radius 2 is 2.05 bits per heavy atom. The number of hydrogen-bond acceptors (Lipinski definition) is 5. The fourth-order valence-corrected chi connectivity index (χ4v) is 1.60. The van der Waals surface area contributed by atoms with E-state index in [9.17, 15) is 4.79 Å². The van der Waals surface area contributed by atoms with Crippen LogP contribution in [0.2, 0.25) is 0 Å². The third-order valence-corrected chi connectivity index (χ3v) is 2.57. The molecule has 0 aromatic carbocycles. The number of aryl methyl sites for hydroxylation is 1. The Bertz CT molecular complexity index is 458. The number of esters is 1. The van der Waals surface area contributed by atoms with Crippen molar-refractivity contribution in [2.45, 2.75) is 65.4 Å². The molecule has 0 saturated heterocycles. The molecule has 0 atom stereocenters. The van der Waals surface area contributed by atoms with Crippen molar-refractivity contribution in [2.75, 3.05) is 0 Å². The molecular formula is C15H24N2O3. The van der Waals surface area contributed by atoms with Crippen molar-refractivity contribution in [1.82, 2.24) is 10.1 Å².